The summed E-state index contributed by atoms with van der Waals surface area (Å²) in [6.07, 6.45) is 2.18. The molecule has 1 unspecified atom stereocenters. The average molecular weight is 493 g/mol. The summed E-state index contributed by atoms with van der Waals surface area (Å²) in [5, 5.41) is 15.5. The number of amides is 1. The first kappa shape index (κ1) is 24.9. The van der Waals surface area contributed by atoms with E-state index in [0.717, 1.165) is 6.42 Å². The third-order valence-electron chi connectivity index (χ3n) is 5.17. The molecular weight excluding hydrogens is 464 g/mol. The maximum atomic E-state index is 13.0. The molecule has 1 N–H and O–H groups in total. The molecule has 3 rings (SSSR count). The fraction of sp³-hybridized carbons (Fsp3) is 0.429. The molecule has 0 aliphatic rings. The summed E-state index contributed by atoms with van der Waals surface area (Å²) in [6, 6.07) is 8.34. The highest BCUT2D eigenvalue weighted by molar-refractivity contribution is 7.99. The number of benzene rings is 1. The number of carbonyl (C=O) groups excluding carboxylic acids is 1. The number of rotatable bonds is 11. The molecule has 0 saturated heterocycles. The van der Waals surface area contributed by atoms with E-state index < -0.39 is 10.0 Å². The molecule has 0 fully saturated rings. The highest BCUT2D eigenvalue weighted by atomic mass is 32.2. The monoisotopic (exact) mass is 492 g/mol. The molecule has 0 saturated carbocycles. The molecule has 10 nitrogen and oxygen atoms in total. The van der Waals surface area contributed by atoms with Crippen LogP contribution in [0.5, 0.6) is 0 Å². The Kier molecular flexibility index (Phi) is 8.27. The van der Waals surface area contributed by atoms with Gasteiger partial charge in [0.15, 0.2) is 16.8 Å². The van der Waals surface area contributed by atoms with Crippen LogP contribution in [0, 0.1) is 0 Å². The van der Waals surface area contributed by atoms with Crippen molar-refractivity contribution in [2.75, 3.05) is 24.2 Å². The second kappa shape index (κ2) is 10.9. The van der Waals surface area contributed by atoms with Gasteiger partial charge < -0.3 is 9.84 Å². The minimum Gasteiger partial charge on any atom is -0.363 e. The van der Waals surface area contributed by atoms with E-state index in [0.29, 0.717) is 35.5 Å². The predicted octanol–water partition coefficient (Wildman–Crippen LogP) is 3.67. The number of nitrogens with one attached hydrogen (secondary N) is 1. The highest BCUT2D eigenvalue weighted by Crippen LogP contribution is 2.30. The van der Waals surface area contributed by atoms with Crippen molar-refractivity contribution < 1.29 is 17.7 Å². The van der Waals surface area contributed by atoms with Crippen molar-refractivity contribution in [3.05, 3.63) is 36.6 Å². The molecule has 3 aromatic rings. The number of hydrogen-bond acceptors (Lipinski definition) is 8. The minimum absolute atomic E-state index is 0.0409. The van der Waals surface area contributed by atoms with Crippen molar-refractivity contribution in [1.29, 1.82) is 0 Å². The third-order valence-corrected chi connectivity index (χ3v) is 8.16. The van der Waals surface area contributed by atoms with E-state index in [1.165, 1.54) is 22.3 Å². The van der Waals surface area contributed by atoms with Crippen molar-refractivity contribution in [2.24, 2.45) is 0 Å². The van der Waals surface area contributed by atoms with E-state index in [1.807, 2.05) is 38.3 Å². The topological polar surface area (TPSA) is 123 Å². The van der Waals surface area contributed by atoms with E-state index in [2.05, 4.69) is 20.7 Å². The zero-order chi connectivity index (χ0) is 24.0. The quantitative estimate of drug-likeness (QED) is 0.402. The molecular formula is C21H28N6O4S2. The van der Waals surface area contributed by atoms with Gasteiger partial charge in [-0.2, -0.15) is 4.31 Å². The largest absolute Gasteiger partial charge is 0.363 e. The van der Waals surface area contributed by atoms with E-state index in [-0.39, 0.29) is 22.6 Å². The molecule has 2 heterocycles. The Balaban J connectivity index is 1.89. The molecule has 1 aromatic carbocycles. The zero-order valence-corrected chi connectivity index (χ0v) is 20.7. The summed E-state index contributed by atoms with van der Waals surface area (Å²) < 4.78 is 34.1. The summed E-state index contributed by atoms with van der Waals surface area (Å²) >= 11 is 1.25. The SMILES string of the molecule is CCC(C)n1c(SCC(=O)Nc2ccon2)nnc1-c1cccc(S(=O)(=O)N(CC)CC)c1. The van der Waals surface area contributed by atoms with Gasteiger partial charge >= 0.3 is 0 Å². The molecule has 0 aliphatic carbocycles. The van der Waals surface area contributed by atoms with Crippen LogP contribution in [-0.4, -0.2) is 57.4 Å². The summed E-state index contributed by atoms with van der Waals surface area (Å²) in [6.45, 7) is 8.48. The Morgan fingerprint density at radius 3 is 2.61 bits per heavy atom. The van der Waals surface area contributed by atoms with Gasteiger partial charge in [-0.1, -0.05) is 49.8 Å². The van der Waals surface area contributed by atoms with E-state index in [1.54, 1.807) is 24.3 Å². The van der Waals surface area contributed by atoms with Crippen molar-refractivity contribution >= 4 is 33.5 Å². The number of carbonyl (C=O) groups is 1. The van der Waals surface area contributed by atoms with Gasteiger partial charge in [-0.05, 0) is 25.5 Å². The number of nitrogens with zero attached hydrogens (tertiary/aromatic N) is 5. The first-order chi connectivity index (χ1) is 15.8. The lowest BCUT2D eigenvalue weighted by Crippen LogP contribution is -2.30. The Bertz CT molecular complexity index is 1170. The number of sulfonamides is 1. The molecule has 1 amide bonds. The lowest BCUT2D eigenvalue weighted by molar-refractivity contribution is -0.113. The molecule has 0 spiro atoms. The molecule has 0 bridgehead atoms. The van der Waals surface area contributed by atoms with Gasteiger partial charge in [-0.3, -0.25) is 9.36 Å². The lowest BCUT2D eigenvalue weighted by atomic mass is 10.2. The molecule has 33 heavy (non-hydrogen) atoms. The van der Waals surface area contributed by atoms with Crippen molar-refractivity contribution in [1.82, 2.24) is 24.2 Å². The van der Waals surface area contributed by atoms with Crippen molar-refractivity contribution in [3.63, 3.8) is 0 Å². The molecule has 0 aliphatic heterocycles. The second-order valence-electron chi connectivity index (χ2n) is 7.27. The first-order valence-electron chi connectivity index (χ1n) is 10.7. The van der Waals surface area contributed by atoms with Gasteiger partial charge in [0.05, 0.1) is 10.6 Å². The van der Waals surface area contributed by atoms with E-state index in [4.69, 9.17) is 4.52 Å². The number of aromatic nitrogens is 4. The average Bonchev–Trinajstić information content (AvgIpc) is 3.47. The summed E-state index contributed by atoms with van der Waals surface area (Å²) in [4.78, 5) is 12.5. The van der Waals surface area contributed by atoms with Crippen LogP contribution in [0.4, 0.5) is 5.82 Å². The fourth-order valence-electron chi connectivity index (χ4n) is 3.25. The second-order valence-corrected chi connectivity index (χ2v) is 10.2. The Morgan fingerprint density at radius 1 is 1.21 bits per heavy atom. The fourth-order valence-corrected chi connectivity index (χ4v) is 5.59. The van der Waals surface area contributed by atoms with Crippen LogP contribution in [-0.2, 0) is 14.8 Å². The number of anilines is 1. The van der Waals surface area contributed by atoms with Crippen LogP contribution in [0.15, 0.2) is 51.2 Å². The summed E-state index contributed by atoms with van der Waals surface area (Å²) in [7, 11) is -3.61. The Morgan fingerprint density at radius 2 is 1.97 bits per heavy atom. The van der Waals surface area contributed by atoms with Crippen LogP contribution >= 0.6 is 11.8 Å². The molecule has 0 radical (unpaired) electrons. The lowest BCUT2D eigenvalue weighted by Gasteiger charge is -2.19. The normalized spacial score (nSPS) is 12.8. The maximum absolute atomic E-state index is 13.0. The summed E-state index contributed by atoms with van der Waals surface area (Å²) in [5.41, 5.74) is 0.648. The van der Waals surface area contributed by atoms with Crippen molar-refractivity contribution in [2.45, 2.75) is 50.2 Å². The Labute approximate surface area is 197 Å². The molecule has 2 aromatic heterocycles. The summed E-state index contributed by atoms with van der Waals surface area (Å²) in [5.74, 6) is 0.760. The molecule has 1 atom stereocenters. The predicted molar refractivity (Wildman–Crippen MR) is 126 cm³/mol. The Hall–Kier alpha value is -2.70. The zero-order valence-electron chi connectivity index (χ0n) is 19.1. The van der Waals surface area contributed by atoms with Crippen LogP contribution in [0.1, 0.15) is 40.2 Å². The van der Waals surface area contributed by atoms with Gasteiger partial charge in [-0.25, -0.2) is 8.42 Å². The third kappa shape index (κ3) is 5.63. The van der Waals surface area contributed by atoms with Crippen LogP contribution < -0.4 is 5.32 Å². The highest BCUT2D eigenvalue weighted by Gasteiger charge is 2.24. The van der Waals surface area contributed by atoms with Gasteiger partial charge in [-0.15, -0.1) is 10.2 Å². The molecule has 178 valence electrons. The van der Waals surface area contributed by atoms with Gasteiger partial charge in [0, 0.05) is 30.8 Å². The van der Waals surface area contributed by atoms with Crippen molar-refractivity contribution in [3.8, 4) is 11.4 Å². The smallest absolute Gasteiger partial charge is 0.243 e. The number of thioether (sulfide) groups is 1. The number of hydrogen-bond donors (Lipinski definition) is 1. The van der Waals surface area contributed by atoms with E-state index in [9.17, 15) is 13.2 Å². The minimum atomic E-state index is -3.61. The van der Waals surface area contributed by atoms with Gasteiger partial charge in [0.2, 0.25) is 15.9 Å². The van der Waals surface area contributed by atoms with Gasteiger partial charge in [0.25, 0.3) is 0 Å². The first-order valence-corrected chi connectivity index (χ1v) is 13.1. The maximum Gasteiger partial charge on any atom is 0.243 e. The van der Waals surface area contributed by atoms with Crippen LogP contribution in [0.3, 0.4) is 0 Å². The van der Waals surface area contributed by atoms with E-state index >= 15 is 0 Å². The van der Waals surface area contributed by atoms with Crippen LogP contribution in [0.25, 0.3) is 11.4 Å². The van der Waals surface area contributed by atoms with Crippen LogP contribution in [0.2, 0.25) is 0 Å². The molecule has 12 heteroatoms. The standard InChI is InChI=1S/C21H28N6O4S2/c1-5-15(4)27-20(16-9-8-10-17(13-16)33(29,30)26(6-2)7-3)23-24-21(27)32-14-19(28)22-18-11-12-31-25-18/h8-13,15H,5-7,14H2,1-4H3,(H,22,25,28). The van der Waals surface area contributed by atoms with Gasteiger partial charge in [0.1, 0.15) is 6.26 Å².